The van der Waals surface area contributed by atoms with Gasteiger partial charge in [-0.15, -0.1) is 0 Å². The smallest absolute Gasteiger partial charge is 0.410 e. The van der Waals surface area contributed by atoms with Crippen LogP contribution in [0.2, 0.25) is 0 Å². The van der Waals surface area contributed by atoms with E-state index in [-0.39, 0.29) is 25.3 Å². The largest absolute Gasteiger partial charge is 0.447 e. The Morgan fingerprint density at radius 1 is 1.48 bits per heavy atom. The predicted octanol–water partition coefficient (Wildman–Crippen LogP) is 2.45. The van der Waals surface area contributed by atoms with Gasteiger partial charge in [-0.05, 0) is 31.9 Å². The molecule has 1 saturated heterocycles. The number of aryl methyl sites for hydroxylation is 1. The Hall–Kier alpha value is -1.82. The van der Waals surface area contributed by atoms with E-state index in [0.717, 1.165) is 30.9 Å². The third kappa shape index (κ3) is 5.39. The number of aliphatic hydroxyl groups excluding tert-OH is 1. The summed E-state index contributed by atoms with van der Waals surface area (Å²) in [7, 11) is 0. The second-order valence-electron chi connectivity index (χ2n) is 5.21. The van der Waals surface area contributed by atoms with Crippen molar-refractivity contribution in [1.29, 1.82) is 0 Å². The van der Waals surface area contributed by atoms with Crippen LogP contribution < -0.4 is 4.90 Å². The van der Waals surface area contributed by atoms with Gasteiger partial charge in [-0.3, -0.25) is 0 Å². The average molecular weight is 323 g/mol. The van der Waals surface area contributed by atoms with E-state index in [2.05, 4.69) is 9.88 Å². The number of carbonyl (C=O) groups excluding carboxylic acids is 1. The van der Waals surface area contributed by atoms with Crippen LogP contribution >= 0.6 is 0 Å². The van der Waals surface area contributed by atoms with Gasteiger partial charge >= 0.3 is 6.09 Å². The summed E-state index contributed by atoms with van der Waals surface area (Å²) in [5.41, 5.74) is 1.14. The number of anilines is 1. The standard InChI is InChI=1S/C15H23N3O3.C2H6/c1-3-18(15(20)21-9-8-19)13-6-7-17(11-13)14-5-4-12(2)10-16-14;1-2/h4-5,10,13,19H,3,6-9,11H2,1-2H3;1-2H3. The summed E-state index contributed by atoms with van der Waals surface area (Å²) in [5.74, 6) is 0.947. The van der Waals surface area contributed by atoms with Crippen LogP contribution in [0.25, 0.3) is 0 Å². The zero-order chi connectivity index (χ0) is 17.2. The van der Waals surface area contributed by atoms with Crippen LogP contribution in [0.3, 0.4) is 0 Å². The van der Waals surface area contributed by atoms with Gasteiger partial charge in [0.2, 0.25) is 0 Å². The lowest BCUT2D eigenvalue weighted by atomic mass is 10.2. The van der Waals surface area contributed by atoms with Crippen LogP contribution in [0.5, 0.6) is 0 Å². The van der Waals surface area contributed by atoms with E-state index >= 15 is 0 Å². The molecule has 130 valence electrons. The lowest BCUT2D eigenvalue weighted by Gasteiger charge is -2.27. The average Bonchev–Trinajstić information content (AvgIpc) is 3.06. The molecule has 1 amide bonds. The van der Waals surface area contributed by atoms with Crippen molar-refractivity contribution >= 4 is 11.9 Å². The zero-order valence-corrected chi connectivity index (χ0v) is 14.7. The minimum absolute atomic E-state index is 0.0469. The molecule has 1 unspecified atom stereocenters. The van der Waals surface area contributed by atoms with Gasteiger partial charge < -0.3 is 19.6 Å². The van der Waals surface area contributed by atoms with E-state index in [1.54, 1.807) is 4.90 Å². The third-order valence-corrected chi connectivity index (χ3v) is 3.72. The highest BCUT2D eigenvalue weighted by Gasteiger charge is 2.31. The van der Waals surface area contributed by atoms with E-state index in [9.17, 15) is 4.79 Å². The Morgan fingerprint density at radius 3 is 2.78 bits per heavy atom. The normalized spacial score (nSPS) is 16.6. The molecule has 0 saturated carbocycles. The lowest BCUT2D eigenvalue weighted by Crippen LogP contribution is -2.42. The maximum atomic E-state index is 12.0. The second kappa shape index (κ2) is 10.0. The molecular weight excluding hydrogens is 294 g/mol. The van der Waals surface area contributed by atoms with Gasteiger partial charge in [-0.1, -0.05) is 19.9 Å². The van der Waals surface area contributed by atoms with Crippen LogP contribution in [0.1, 0.15) is 32.8 Å². The lowest BCUT2D eigenvalue weighted by molar-refractivity contribution is 0.0754. The summed E-state index contributed by atoms with van der Waals surface area (Å²) >= 11 is 0. The molecule has 0 aromatic carbocycles. The summed E-state index contributed by atoms with van der Waals surface area (Å²) in [6.07, 6.45) is 2.41. The monoisotopic (exact) mass is 323 g/mol. The van der Waals surface area contributed by atoms with Crippen LogP contribution in [0.4, 0.5) is 10.6 Å². The molecule has 6 heteroatoms. The fourth-order valence-corrected chi connectivity index (χ4v) is 2.60. The Kier molecular flexibility index (Phi) is 8.40. The van der Waals surface area contributed by atoms with Crippen molar-refractivity contribution < 1.29 is 14.6 Å². The topological polar surface area (TPSA) is 65.9 Å². The molecule has 23 heavy (non-hydrogen) atoms. The van der Waals surface area contributed by atoms with E-state index in [0.29, 0.717) is 6.54 Å². The number of rotatable bonds is 5. The number of carbonyl (C=O) groups is 1. The Labute approximate surface area is 139 Å². The van der Waals surface area contributed by atoms with Crippen molar-refractivity contribution in [3.63, 3.8) is 0 Å². The van der Waals surface area contributed by atoms with E-state index in [4.69, 9.17) is 9.84 Å². The van der Waals surface area contributed by atoms with Crippen LogP contribution in [-0.2, 0) is 4.74 Å². The number of likely N-dealkylation sites (N-methyl/N-ethyl adjacent to an activating group) is 1. The molecule has 1 aromatic rings. The summed E-state index contributed by atoms with van der Waals surface area (Å²) in [4.78, 5) is 20.3. The number of hydrogen-bond acceptors (Lipinski definition) is 5. The van der Waals surface area contributed by atoms with Crippen molar-refractivity contribution in [3.8, 4) is 0 Å². The van der Waals surface area contributed by atoms with Gasteiger partial charge in [0.25, 0.3) is 0 Å². The first-order valence-electron chi connectivity index (χ1n) is 8.37. The maximum Gasteiger partial charge on any atom is 0.410 e. The first-order valence-corrected chi connectivity index (χ1v) is 8.37. The molecule has 0 radical (unpaired) electrons. The number of nitrogens with zero attached hydrogens (tertiary/aromatic N) is 3. The molecular formula is C17H29N3O3. The van der Waals surface area contributed by atoms with Gasteiger partial charge in [0.15, 0.2) is 0 Å². The van der Waals surface area contributed by atoms with Crippen molar-refractivity contribution in [3.05, 3.63) is 23.9 Å². The van der Waals surface area contributed by atoms with Crippen LogP contribution in [0, 0.1) is 6.92 Å². The first-order chi connectivity index (χ1) is 11.2. The van der Waals surface area contributed by atoms with Crippen molar-refractivity contribution in [2.24, 2.45) is 0 Å². The molecule has 2 heterocycles. The predicted molar refractivity (Wildman–Crippen MR) is 91.8 cm³/mol. The fraction of sp³-hybridized carbons (Fsp3) is 0.647. The van der Waals surface area contributed by atoms with Crippen LogP contribution in [0.15, 0.2) is 18.3 Å². The summed E-state index contributed by atoms with van der Waals surface area (Å²) in [5, 5.41) is 8.74. The van der Waals surface area contributed by atoms with E-state index in [1.807, 2.05) is 46.0 Å². The highest BCUT2D eigenvalue weighted by atomic mass is 16.6. The van der Waals surface area contributed by atoms with Crippen molar-refractivity contribution in [2.75, 3.05) is 37.7 Å². The Morgan fingerprint density at radius 2 is 2.22 bits per heavy atom. The second-order valence-corrected chi connectivity index (χ2v) is 5.21. The summed E-state index contributed by atoms with van der Waals surface area (Å²) < 4.78 is 5.02. The Balaban J connectivity index is 0.00000127. The van der Waals surface area contributed by atoms with Crippen LogP contribution in [-0.4, -0.2) is 60.0 Å². The highest BCUT2D eigenvalue weighted by Crippen LogP contribution is 2.22. The molecule has 0 aliphatic carbocycles. The molecule has 1 N–H and O–H groups in total. The minimum Gasteiger partial charge on any atom is -0.447 e. The van der Waals surface area contributed by atoms with E-state index < -0.39 is 0 Å². The molecule has 1 aromatic heterocycles. The van der Waals surface area contributed by atoms with Crippen molar-refractivity contribution in [1.82, 2.24) is 9.88 Å². The molecule has 1 fully saturated rings. The number of ether oxygens (including phenoxy) is 1. The molecule has 6 nitrogen and oxygen atoms in total. The number of aromatic nitrogens is 1. The molecule has 0 spiro atoms. The van der Waals surface area contributed by atoms with Gasteiger partial charge in [-0.25, -0.2) is 9.78 Å². The minimum atomic E-state index is -0.352. The molecule has 1 aliphatic heterocycles. The molecule has 2 rings (SSSR count). The number of hydrogen-bond donors (Lipinski definition) is 1. The number of amides is 1. The van der Waals surface area contributed by atoms with Crippen molar-refractivity contribution in [2.45, 2.75) is 40.2 Å². The number of pyridine rings is 1. The highest BCUT2D eigenvalue weighted by molar-refractivity contribution is 5.68. The van der Waals surface area contributed by atoms with Gasteiger partial charge in [0.1, 0.15) is 12.4 Å². The van der Waals surface area contributed by atoms with Gasteiger partial charge in [0.05, 0.1) is 12.6 Å². The third-order valence-electron chi connectivity index (χ3n) is 3.72. The molecule has 0 bridgehead atoms. The zero-order valence-electron chi connectivity index (χ0n) is 14.7. The Bertz CT molecular complexity index is 465. The first kappa shape index (κ1) is 19.2. The molecule has 1 aliphatic rings. The quantitative estimate of drug-likeness (QED) is 0.901. The van der Waals surface area contributed by atoms with Gasteiger partial charge in [0, 0.05) is 25.8 Å². The maximum absolute atomic E-state index is 12.0. The summed E-state index contributed by atoms with van der Waals surface area (Å²) in [6, 6.07) is 4.19. The van der Waals surface area contributed by atoms with Gasteiger partial charge in [-0.2, -0.15) is 0 Å². The molecule has 1 atom stereocenters. The summed E-state index contributed by atoms with van der Waals surface area (Å²) in [6.45, 7) is 10.1. The fourth-order valence-electron chi connectivity index (χ4n) is 2.60. The number of aliphatic hydroxyl groups is 1. The van der Waals surface area contributed by atoms with E-state index in [1.165, 1.54) is 0 Å². The SMILES string of the molecule is CC.CCN(C(=O)OCCO)C1CCN(c2ccc(C)cn2)C1.